The molecule has 1 heterocycles. The first-order chi connectivity index (χ1) is 7.86. The van der Waals surface area contributed by atoms with Crippen LogP contribution >= 0.6 is 0 Å². The van der Waals surface area contributed by atoms with E-state index in [1.807, 2.05) is 26.8 Å². The van der Waals surface area contributed by atoms with Crippen LogP contribution in [0.2, 0.25) is 0 Å². The summed E-state index contributed by atoms with van der Waals surface area (Å²) in [6, 6.07) is 3.63. The molecule has 1 aromatic heterocycles. The van der Waals surface area contributed by atoms with Gasteiger partial charge in [0.05, 0.1) is 17.4 Å². The van der Waals surface area contributed by atoms with Crippen molar-refractivity contribution in [2.75, 3.05) is 11.4 Å². The van der Waals surface area contributed by atoms with E-state index >= 15 is 0 Å². The Morgan fingerprint density at radius 2 is 2.24 bits per heavy atom. The normalized spacial score (nSPS) is 10.7. The third-order valence-corrected chi connectivity index (χ3v) is 2.31. The van der Waals surface area contributed by atoms with Gasteiger partial charge in [-0.25, -0.2) is 0 Å². The van der Waals surface area contributed by atoms with Crippen molar-refractivity contribution in [2.45, 2.75) is 26.3 Å². The second-order valence-corrected chi connectivity index (χ2v) is 4.66. The standard InChI is InChI=1S/C12H15N3O2/c1-12(2,3)15(8-11(16)17)10-7-14-5-4-9(10)6-13/h4-5,7H,8H2,1-3H3,(H,16,17). The maximum atomic E-state index is 10.9. The number of pyridine rings is 1. The molecular weight excluding hydrogens is 218 g/mol. The van der Waals surface area contributed by atoms with Gasteiger partial charge >= 0.3 is 5.97 Å². The molecule has 0 fully saturated rings. The lowest BCUT2D eigenvalue weighted by molar-refractivity contribution is -0.135. The molecule has 17 heavy (non-hydrogen) atoms. The van der Waals surface area contributed by atoms with E-state index in [4.69, 9.17) is 10.4 Å². The summed E-state index contributed by atoms with van der Waals surface area (Å²) in [7, 11) is 0. The van der Waals surface area contributed by atoms with Crippen molar-refractivity contribution >= 4 is 11.7 Å². The lowest BCUT2D eigenvalue weighted by Gasteiger charge is -2.36. The molecule has 0 aromatic carbocycles. The fourth-order valence-electron chi connectivity index (χ4n) is 1.51. The van der Waals surface area contributed by atoms with Crippen LogP contribution in [0.15, 0.2) is 18.5 Å². The summed E-state index contributed by atoms with van der Waals surface area (Å²) < 4.78 is 0. The number of nitrogens with zero attached hydrogens (tertiary/aromatic N) is 3. The van der Waals surface area contributed by atoms with Crippen LogP contribution in [0.25, 0.3) is 0 Å². The van der Waals surface area contributed by atoms with Gasteiger partial charge in [0, 0.05) is 11.7 Å². The number of aromatic nitrogens is 1. The largest absolute Gasteiger partial charge is 0.480 e. The van der Waals surface area contributed by atoms with Crippen molar-refractivity contribution in [3.05, 3.63) is 24.0 Å². The van der Waals surface area contributed by atoms with E-state index in [-0.39, 0.29) is 6.54 Å². The Bertz CT molecular complexity index is 458. The zero-order valence-electron chi connectivity index (χ0n) is 10.1. The molecule has 90 valence electrons. The van der Waals surface area contributed by atoms with Crippen LogP contribution in [0.5, 0.6) is 0 Å². The van der Waals surface area contributed by atoms with Crippen molar-refractivity contribution in [1.82, 2.24) is 4.98 Å². The SMILES string of the molecule is CC(C)(C)N(CC(=O)O)c1cnccc1C#N. The van der Waals surface area contributed by atoms with Crippen molar-refractivity contribution in [3.63, 3.8) is 0 Å². The summed E-state index contributed by atoms with van der Waals surface area (Å²) in [5, 5.41) is 17.9. The first-order valence-corrected chi connectivity index (χ1v) is 5.20. The smallest absolute Gasteiger partial charge is 0.323 e. The van der Waals surface area contributed by atoms with E-state index in [9.17, 15) is 4.79 Å². The van der Waals surface area contributed by atoms with Crippen molar-refractivity contribution < 1.29 is 9.90 Å². The molecule has 5 heteroatoms. The van der Waals surface area contributed by atoms with Gasteiger partial charge in [-0.2, -0.15) is 5.26 Å². The molecule has 5 nitrogen and oxygen atoms in total. The van der Waals surface area contributed by atoms with Gasteiger partial charge in [-0.05, 0) is 26.8 Å². The molecule has 1 N–H and O–H groups in total. The fourth-order valence-corrected chi connectivity index (χ4v) is 1.51. The van der Waals surface area contributed by atoms with Gasteiger partial charge in [0.2, 0.25) is 0 Å². The number of anilines is 1. The Hall–Kier alpha value is -2.09. The molecule has 0 aliphatic rings. The van der Waals surface area contributed by atoms with Gasteiger partial charge in [-0.3, -0.25) is 9.78 Å². The number of carboxylic acids is 1. The molecule has 0 unspecified atom stereocenters. The number of carboxylic acid groups (broad SMARTS) is 1. The Labute approximate surface area is 100 Å². The van der Waals surface area contributed by atoms with Crippen LogP contribution in [-0.4, -0.2) is 28.1 Å². The lowest BCUT2D eigenvalue weighted by atomic mass is 10.0. The summed E-state index contributed by atoms with van der Waals surface area (Å²) in [5.74, 6) is -0.937. The first kappa shape index (κ1) is 13.0. The summed E-state index contributed by atoms with van der Waals surface area (Å²) >= 11 is 0. The maximum absolute atomic E-state index is 10.9. The molecular formula is C12H15N3O2. The molecule has 0 aliphatic carbocycles. The molecule has 0 atom stereocenters. The van der Waals surface area contributed by atoms with Gasteiger partial charge in [0.15, 0.2) is 0 Å². The second kappa shape index (κ2) is 4.83. The van der Waals surface area contributed by atoms with Crippen LogP contribution in [-0.2, 0) is 4.79 Å². The number of nitriles is 1. The van der Waals surface area contributed by atoms with E-state index in [1.54, 1.807) is 11.0 Å². The first-order valence-electron chi connectivity index (χ1n) is 5.20. The van der Waals surface area contributed by atoms with Crippen molar-refractivity contribution in [3.8, 4) is 6.07 Å². The highest BCUT2D eigenvalue weighted by atomic mass is 16.4. The van der Waals surface area contributed by atoms with Crippen LogP contribution in [0.4, 0.5) is 5.69 Å². The zero-order valence-corrected chi connectivity index (χ0v) is 10.1. The molecule has 0 aliphatic heterocycles. The number of rotatable bonds is 3. The predicted molar refractivity (Wildman–Crippen MR) is 63.7 cm³/mol. The van der Waals surface area contributed by atoms with Gasteiger partial charge in [0.25, 0.3) is 0 Å². The van der Waals surface area contributed by atoms with Gasteiger partial charge in [-0.1, -0.05) is 0 Å². The predicted octanol–water partition coefficient (Wildman–Crippen LogP) is 1.64. The highest BCUT2D eigenvalue weighted by molar-refractivity contribution is 5.75. The van der Waals surface area contributed by atoms with Crippen molar-refractivity contribution in [1.29, 1.82) is 5.26 Å². The molecule has 0 amide bonds. The van der Waals surface area contributed by atoms with E-state index in [1.165, 1.54) is 12.4 Å². The second-order valence-electron chi connectivity index (χ2n) is 4.66. The maximum Gasteiger partial charge on any atom is 0.323 e. The lowest BCUT2D eigenvalue weighted by Crippen LogP contribution is -2.45. The average molecular weight is 233 g/mol. The third kappa shape index (κ3) is 3.18. The fraction of sp³-hybridized carbons (Fsp3) is 0.417. The summed E-state index contributed by atoms with van der Waals surface area (Å²) in [6.45, 7) is 5.52. The minimum atomic E-state index is -0.937. The Kier molecular flexibility index (Phi) is 3.69. The average Bonchev–Trinajstić information content (AvgIpc) is 2.24. The number of hydrogen-bond acceptors (Lipinski definition) is 4. The summed E-state index contributed by atoms with van der Waals surface area (Å²) in [4.78, 5) is 16.5. The Morgan fingerprint density at radius 3 is 2.71 bits per heavy atom. The molecule has 0 bridgehead atoms. The highest BCUT2D eigenvalue weighted by Gasteiger charge is 2.26. The topological polar surface area (TPSA) is 77.2 Å². The minimum absolute atomic E-state index is 0.163. The highest BCUT2D eigenvalue weighted by Crippen LogP contribution is 2.25. The van der Waals surface area contributed by atoms with E-state index < -0.39 is 11.5 Å². The van der Waals surface area contributed by atoms with Gasteiger partial charge in [0.1, 0.15) is 12.6 Å². The third-order valence-electron chi connectivity index (χ3n) is 2.31. The van der Waals surface area contributed by atoms with Gasteiger partial charge < -0.3 is 10.0 Å². The van der Waals surface area contributed by atoms with Crippen LogP contribution in [0.1, 0.15) is 26.3 Å². The quantitative estimate of drug-likeness (QED) is 0.858. The Morgan fingerprint density at radius 1 is 1.59 bits per heavy atom. The van der Waals surface area contributed by atoms with E-state index in [2.05, 4.69) is 4.98 Å². The zero-order chi connectivity index (χ0) is 13.1. The van der Waals surface area contributed by atoms with Crippen LogP contribution in [0.3, 0.4) is 0 Å². The van der Waals surface area contributed by atoms with Crippen LogP contribution < -0.4 is 4.90 Å². The van der Waals surface area contributed by atoms with Crippen LogP contribution in [0, 0.1) is 11.3 Å². The number of aliphatic carboxylic acids is 1. The molecule has 0 radical (unpaired) electrons. The Balaban J connectivity index is 3.23. The molecule has 0 saturated heterocycles. The number of carbonyl (C=O) groups is 1. The monoisotopic (exact) mass is 233 g/mol. The minimum Gasteiger partial charge on any atom is -0.480 e. The molecule has 0 saturated carbocycles. The number of hydrogen-bond donors (Lipinski definition) is 1. The molecule has 1 aromatic rings. The molecule has 0 spiro atoms. The summed E-state index contributed by atoms with van der Waals surface area (Å²) in [5.41, 5.74) is 0.577. The van der Waals surface area contributed by atoms with Gasteiger partial charge in [-0.15, -0.1) is 0 Å². The van der Waals surface area contributed by atoms with E-state index in [0.717, 1.165) is 0 Å². The van der Waals surface area contributed by atoms with Crippen molar-refractivity contribution in [2.24, 2.45) is 0 Å². The van der Waals surface area contributed by atoms with E-state index in [0.29, 0.717) is 11.3 Å². The summed E-state index contributed by atoms with van der Waals surface area (Å²) in [6.07, 6.45) is 3.04. The molecule has 1 rings (SSSR count).